The number of rotatable bonds is 4. The molecule has 6 heterocycles. The number of nitrogens with zero attached hydrogens (tertiary/aromatic N) is 5. The molecule has 3 aromatic heterocycles. The summed E-state index contributed by atoms with van der Waals surface area (Å²) in [5, 5.41) is 12.0. The maximum atomic E-state index is 11.7. The van der Waals surface area contributed by atoms with Crippen molar-refractivity contribution in [1.29, 1.82) is 0 Å². The molecule has 2 amide bonds. The maximum absolute atomic E-state index is 11.7. The summed E-state index contributed by atoms with van der Waals surface area (Å²) in [4.78, 5) is 38.0. The van der Waals surface area contributed by atoms with E-state index in [0.29, 0.717) is 38.2 Å². The maximum Gasteiger partial charge on any atom is 0.410 e. The molecule has 0 saturated carbocycles. The molecule has 48 heavy (non-hydrogen) atoms. The lowest BCUT2D eigenvalue weighted by atomic mass is 10.2. The Labute approximate surface area is 291 Å². The zero-order valence-electron chi connectivity index (χ0n) is 28.4. The van der Waals surface area contributed by atoms with Crippen LogP contribution >= 0.6 is 15.9 Å². The van der Waals surface area contributed by atoms with Crippen molar-refractivity contribution in [2.75, 3.05) is 39.3 Å². The predicted octanol–water partition coefficient (Wildman–Crippen LogP) is 4.95. The van der Waals surface area contributed by atoms with Crippen molar-refractivity contribution in [3.63, 3.8) is 0 Å². The second kappa shape index (κ2) is 18.5. The number of halogens is 1. The van der Waals surface area contributed by atoms with E-state index in [4.69, 9.17) is 24.1 Å². The molecular weight excluding hydrogens is 684 g/mol. The fourth-order valence-corrected chi connectivity index (χ4v) is 4.05. The largest absolute Gasteiger partial charge is 0.472 e. The third-order valence-corrected chi connectivity index (χ3v) is 6.71. The van der Waals surface area contributed by atoms with Gasteiger partial charge in [-0.3, -0.25) is 0 Å². The molecule has 2 N–H and O–H groups in total. The molecule has 0 radical (unpaired) electrons. The number of pyridine rings is 3. The fourth-order valence-electron chi connectivity index (χ4n) is 3.78. The topological polar surface area (TPSA) is 148 Å². The van der Waals surface area contributed by atoms with E-state index in [1.807, 2.05) is 90.1 Å². The van der Waals surface area contributed by atoms with Gasteiger partial charge in [0.05, 0.1) is 32.3 Å². The van der Waals surface area contributed by atoms with Gasteiger partial charge in [-0.15, -0.1) is 0 Å². The summed E-state index contributed by atoms with van der Waals surface area (Å²) in [6.45, 7) is 14.8. The van der Waals surface area contributed by atoms with E-state index < -0.39 is 11.2 Å². The third-order valence-electron chi connectivity index (χ3n) is 6.24. The minimum atomic E-state index is -0.454. The molecule has 6 rings (SSSR count). The number of hydrogen-bond donors (Lipinski definition) is 2. The highest BCUT2D eigenvalue weighted by molar-refractivity contribution is 9.10. The molecule has 0 atom stereocenters. The van der Waals surface area contributed by atoms with Crippen LogP contribution in [-0.2, 0) is 9.47 Å². The van der Waals surface area contributed by atoms with Crippen molar-refractivity contribution in [3.8, 4) is 11.8 Å². The van der Waals surface area contributed by atoms with E-state index in [0.717, 1.165) is 23.6 Å². The Balaban J connectivity index is 0.000000183. The van der Waals surface area contributed by atoms with Crippen molar-refractivity contribution >= 4 is 28.1 Å². The molecule has 262 valence electrons. The highest BCUT2D eigenvalue weighted by Gasteiger charge is 2.35. The lowest BCUT2D eigenvalue weighted by Gasteiger charge is -2.39. The predicted molar refractivity (Wildman–Crippen MR) is 184 cm³/mol. The van der Waals surface area contributed by atoms with Gasteiger partial charge in [0.25, 0.3) is 0 Å². The first kappa shape index (κ1) is 38.4. The Morgan fingerprint density at radius 2 is 1.15 bits per heavy atom. The SMILES string of the molecule is Brc1ccccn1.CC(C)(C)OC(=O)N1CC(O)C1.CC(C)(C)OC(=O)N1CC(Oc2ccccn2)C1.c1ccc(OC2CNC2)nc1. The lowest BCUT2D eigenvalue weighted by molar-refractivity contribution is -0.0303. The number of β-amino-alcohol motifs (C(OH)–C–C–N with tert-alkyl or cyclic N) is 1. The molecule has 3 aliphatic heterocycles. The second-order valence-corrected chi connectivity index (χ2v) is 13.9. The van der Waals surface area contributed by atoms with E-state index in [1.54, 1.807) is 29.6 Å². The number of aromatic nitrogens is 3. The van der Waals surface area contributed by atoms with Gasteiger partial charge < -0.3 is 39.2 Å². The van der Waals surface area contributed by atoms with Crippen LogP contribution in [0.15, 0.2) is 77.8 Å². The van der Waals surface area contributed by atoms with Crippen molar-refractivity contribution in [1.82, 2.24) is 30.1 Å². The summed E-state index contributed by atoms with van der Waals surface area (Å²) >= 11 is 3.20. The van der Waals surface area contributed by atoms with Crippen LogP contribution in [0.4, 0.5) is 9.59 Å². The number of amides is 2. The van der Waals surface area contributed by atoms with Gasteiger partial charge in [0.2, 0.25) is 11.8 Å². The molecule has 3 saturated heterocycles. The van der Waals surface area contributed by atoms with Crippen LogP contribution in [-0.4, -0.2) is 111 Å². The molecule has 3 aliphatic rings. The number of aliphatic hydroxyl groups is 1. The summed E-state index contributed by atoms with van der Waals surface area (Å²) < 4.78 is 22.3. The first-order chi connectivity index (χ1) is 22.7. The first-order valence-electron chi connectivity index (χ1n) is 15.7. The van der Waals surface area contributed by atoms with Gasteiger partial charge in [0.1, 0.15) is 28.0 Å². The van der Waals surface area contributed by atoms with Gasteiger partial charge in [-0.1, -0.05) is 18.2 Å². The van der Waals surface area contributed by atoms with Crippen LogP contribution in [0.3, 0.4) is 0 Å². The Hall–Kier alpha value is -4.01. The first-order valence-corrected chi connectivity index (χ1v) is 16.5. The molecule has 14 heteroatoms. The van der Waals surface area contributed by atoms with Gasteiger partial charge in [0.15, 0.2) is 0 Å². The van der Waals surface area contributed by atoms with E-state index in [1.165, 1.54) is 4.90 Å². The summed E-state index contributed by atoms with van der Waals surface area (Å²) in [7, 11) is 0. The Bertz CT molecular complexity index is 1360. The molecule has 0 aromatic carbocycles. The Morgan fingerprint density at radius 1 is 0.708 bits per heavy atom. The van der Waals surface area contributed by atoms with E-state index >= 15 is 0 Å². The number of hydrogen-bond acceptors (Lipinski definition) is 11. The molecule has 13 nitrogen and oxygen atoms in total. The van der Waals surface area contributed by atoms with E-state index in [2.05, 4.69) is 36.2 Å². The molecule has 0 unspecified atom stereocenters. The number of ether oxygens (including phenoxy) is 4. The van der Waals surface area contributed by atoms with Crippen molar-refractivity contribution < 1.29 is 33.6 Å². The van der Waals surface area contributed by atoms with Crippen LogP contribution in [0.2, 0.25) is 0 Å². The molecule has 0 spiro atoms. The highest BCUT2D eigenvalue weighted by atomic mass is 79.9. The second-order valence-electron chi connectivity index (χ2n) is 13.1. The van der Waals surface area contributed by atoms with Crippen LogP contribution in [0.1, 0.15) is 41.5 Å². The minimum absolute atomic E-state index is 0.00687. The summed E-state index contributed by atoms with van der Waals surface area (Å²) in [6, 6.07) is 16.9. The zero-order valence-corrected chi connectivity index (χ0v) is 30.0. The Morgan fingerprint density at radius 3 is 1.46 bits per heavy atom. The van der Waals surface area contributed by atoms with Crippen LogP contribution < -0.4 is 14.8 Å². The molecule has 0 aliphatic carbocycles. The van der Waals surface area contributed by atoms with Crippen LogP contribution in [0, 0.1) is 0 Å². The number of likely N-dealkylation sites (tertiary alicyclic amines) is 2. The van der Waals surface area contributed by atoms with Crippen LogP contribution in [0.5, 0.6) is 11.8 Å². The number of carbonyl (C=O) groups excluding carboxylic acids is 2. The molecule has 3 fully saturated rings. The van der Waals surface area contributed by atoms with Crippen LogP contribution in [0.25, 0.3) is 0 Å². The van der Waals surface area contributed by atoms with Gasteiger partial charge in [-0.2, -0.15) is 0 Å². The van der Waals surface area contributed by atoms with Gasteiger partial charge in [-0.05, 0) is 81.7 Å². The number of nitrogens with one attached hydrogen (secondary N) is 1. The van der Waals surface area contributed by atoms with Gasteiger partial charge in [-0.25, -0.2) is 24.5 Å². The quantitative estimate of drug-likeness (QED) is 0.351. The zero-order chi connectivity index (χ0) is 35.2. The normalized spacial score (nSPS) is 16.0. The van der Waals surface area contributed by atoms with E-state index in [-0.39, 0.29) is 24.4 Å². The van der Waals surface area contributed by atoms with Gasteiger partial charge in [0, 0.05) is 43.8 Å². The van der Waals surface area contributed by atoms with Crippen molar-refractivity contribution in [3.05, 3.63) is 77.8 Å². The van der Waals surface area contributed by atoms with Gasteiger partial charge >= 0.3 is 12.2 Å². The van der Waals surface area contributed by atoms with Crippen molar-refractivity contribution in [2.24, 2.45) is 0 Å². The minimum Gasteiger partial charge on any atom is -0.472 e. The standard InChI is InChI=1S/C13H18N2O3.C8H10N2O.C8H15NO3.C5H4BrN/c1-13(2,3)18-12(16)15-8-10(9-15)17-11-6-4-5-7-14-11;1-2-4-10-8(3-1)11-7-5-9-6-7;1-8(2,3)12-7(11)9-4-6(10)5-9;6-5-3-1-2-4-7-5/h4-7,10H,8-9H2,1-3H3;1-4,7,9H,5-6H2;6,10H,4-5H2,1-3H3;1-4H. The summed E-state index contributed by atoms with van der Waals surface area (Å²) in [5.74, 6) is 1.31. The average Bonchev–Trinajstić information content (AvgIpc) is 2.96. The number of aliphatic hydroxyl groups excluding tert-OH is 1. The molecular formula is C34H47BrN6O7. The smallest absolute Gasteiger partial charge is 0.410 e. The third kappa shape index (κ3) is 15.3. The molecule has 3 aromatic rings. The average molecular weight is 732 g/mol. The van der Waals surface area contributed by atoms with Crippen molar-refractivity contribution in [2.45, 2.75) is 71.1 Å². The van der Waals surface area contributed by atoms with E-state index in [9.17, 15) is 9.59 Å². The number of carbonyl (C=O) groups is 2. The monoisotopic (exact) mass is 730 g/mol. The fraction of sp³-hybridized carbons (Fsp3) is 0.500. The lowest BCUT2D eigenvalue weighted by Crippen LogP contribution is -2.57. The summed E-state index contributed by atoms with van der Waals surface area (Å²) in [6.07, 6.45) is 4.50. The Kier molecular flexibility index (Phi) is 14.8. The summed E-state index contributed by atoms with van der Waals surface area (Å²) in [5.41, 5.74) is -0.901. The highest BCUT2D eigenvalue weighted by Crippen LogP contribution is 2.19. The molecule has 0 bridgehead atoms.